The SMILES string of the molecule is O=C(O)CCC1CCN(C(=O)N2CCc3c(Cl)cc(N4CCCC4)cc32)C1. The Balaban J connectivity index is 1.48. The predicted octanol–water partition coefficient (Wildman–Crippen LogP) is 3.61. The number of aliphatic carboxylic acids is 1. The van der Waals surface area contributed by atoms with Gasteiger partial charge in [0.15, 0.2) is 0 Å². The third kappa shape index (κ3) is 3.72. The van der Waals surface area contributed by atoms with Crippen LogP contribution >= 0.6 is 11.6 Å². The summed E-state index contributed by atoms with van der Waals surface area (Å²) in [5.74, 6) is -0.482. The molecule has 6 nitrogen and oxygen atoms in total. The van der Waals surface area contributed by atoms with E-state index in [1.54, 1.807) is 0 Å². The molecule has 1 N–H and O–H groups in total. The van der Waals surface area contributed by atoms with Gasteiger partial charge in [-0.1, -0.05) is 11.6 Å². The normalized spacial score (nSPS) is 21.8. The molecule has 0 saturated carbocycles. The number of urea groups is 1. The van der Waals surface area contributed by atoms with Crippen LogP contribution < -0.4 is 9.80 Å². The Bertz CT molecular complexity index is 748. The lowest BCUT2D eigenvalue weighted by atomic mass is 10.0. The van der Waals surface area contributed by atoms with Gasteiger partial charge in [0.05, 0.1) is 5.69 Å². The summed E-state index contributed by atoms with van der Waals surface area (Å²) in [4.78, 5) is 30.0. The van der Waals surface area contributed by atoms with E-state index in [9.17, 15) is 9.59 Å². The number of rotatable bonds is 4. The summed E-state index contributed by atoms with van der Waals surface area (Å²) in [6.07, 6.45) is 4.88. The number of fused-ring (bicyclic) bond motifs is 1. The van der Waals surface area contributed by atoms with Gasteiger partial charge in [-0.15, -0.1) is 0 Å². The number of carboxylic acids is 1. The van der Waals surface area contributed by atoms with Gasteiger partial charge in [0.1, 0.15) is 0 Å². The van der Waals surface area contributed by atoms with Crippen molar-refractivity contribution in [1.29, 1.82) is 0 Å². The first-order valence-electron chi connectivity index (χ1n) is 9.88. The van der Waals surface area contributed by atoms with E-state index in [0.29, 0.717) is 26.1 Å². The smallest absolute Gasteiger partial charge is 0.324 e. The van der Waals surface area contributed by atoms with Crippen molar-refractivity contribution in [2.24, 2.45) is 5.92 Å². The van der Waals surface area contributed by atoms with Crippen molar-refractivity contribution in [2.75, 3.05) is 42.5 Å². The second kappa shape index (κ2) is 7.58. The number of benzene rings is 1. The van der Waals surface area contributed by atoms with E-state index in [-0.39, 0.29) is 18.4 Å². The van der Waals surface area contributed by atoms with E-state index in [1.165, 1.54) is 12.8 Å². The first-order chi connectivity index (χ1) is 13.0. The van der Waals surface area contributed by atoms with E-state index in [2.05, 4.69) is 11.0 Å². The molecule has 0 aromatic heterocycles. The molecule has 1 aromatic rings. The fourth-order valence-electron chi connectivity index (χ4n) is 4.54. The van der Waals surface area contributed by atoms with Crippen LogP contribution in [-0.2, 0) is 11.2 Å². The molecule has 0 radical (unpaired) electrons. The first-order valence-corrected chi connectivity index (χ1v) is 10.3. The van der Waals surface area contributed by atoms with Crippen LogP contribution in [0.1, 0.15) is 37.7 Å². The molecule has 3 aliphatic heterocycles. The molecule has 1 aromatic carbocycles. The summed E-state index contributed by atoms with van der Waals surface area (Å²) in [6, 6.07) is 4.19. The van der Waals surface area contributed by atoms with Gasteiger partial charge in [0.25, 0.3) is 0 Å². The zero-order valence-electron chi connectivity index (χ0n) is 15.5. The topological polar surface area (TPSA) is 64.1 Å². The fourth-order valence-corrected chi connectivity index (χ4v) is 4.84. The summed E-state index contributed by atoms with van der Waals surface area (Å²) >= 11 is 6.54. The van der Waals surface area contributed by atoms with Gasteiger partial charge in [-0.25, -0.2) is 4.79 Å². The van der Waals surface area contributed by atoms with Crippen molar-refractivity contribution >= 4 is 35.0 Å². The van der Waals surface area contributed by atoms with Crippen LogP contribution in [0.5, 0.6) is 0 Å². The van der Waals surface area contributed by atoms with Gasteiger partial charge < -0.3 is 14.9 Å². The minimum Gasteiger partial charge on any atom is -0.481 e. The Morgan fingerprint density at radius 1 is 1.15 bits per heavy atom. The molecule has 27 heavy (non-hydrogen) atoms. The third-order valence-corrected chi connectivity index (χ3v) is 6.40. The van der Waals surface area contributed by atoms with E-state index in [1.807, 2.05) is 15.9 Å². The molecule has 4 rings (SSSR count). The van der Waals surface area contributed by atoms with Crippen LogP contribution in [0, 0.1) is 5.92 Å². The number of carbonyl (C=O) groups excluding carboxylic acids is 1. The number of hydrogen-bond acceptors (Lipinski definition) is 3. The number of halogens is 1. The molecule has 1 unspecified atom stereocenters. The first kappa shape index (κ1) is 18.4. The number of carboxylic acid groups (broad SMARTS) is 1. The second-order valence-electron chi connectivity index (χ2n) is 7.84. The highest BCUT2D eigenvalue weighted by Gasteiger charge is 2.34. The molecule has 0 aliphatic carbocycles. The number of likely N-dealkylation sites (tertiary alicyclic amines) is 1. The Morgan fingerprint density at radius 3 is 2.67 bits per heavy atom. The lowest BCUT2D eigenvalue weighted by molar-refractivity contribution is -0.137. The standard InChI is InChI=1S/C20H26ClN3O3/c21-17-11-15(22-7-1-2-8-22)12-18-16(17)6-10-24(18)20(27)23-9-5-14(13-23)3-4-19(25)26/h11-12,14H,1-10,13H2,(H,25,26). The third-order valence-electron chi connectivity index (χ3n) is 6.06. The van der Waals surface area contributed by atoms with Gasteiger partial charge in [0.2, 0.25) is 0 Å². The summed E-state index contributed by atoms with van der Waals surface area (Å²) < 4.78 is 0. The average molecular weight is 392 g/mol. The maximum atomic E-state index is 13.1. The Kier molecular flexibility index (Phi) is 5.17. The molecule has 7 heteroatoms. The Hall–Kier alpha value is -1.95. The lowest BCUT2D eigenvalue weighted by Gasteiger charge is -2.26. The van der Waals surface area contributed by atoms with Crippen molar-refractivity contribution in [3.8, 4) is 0 Å². The summed E-state index contributed by atoms with van der Waals surface area (Å²) in [6.45, 7) is 4.10. The van der Waals surface area contributed by atoms with E-state index in [0.717, 1.165) is 47.9 Å². The number of anilines is 2. The summed E-state index contributed by atoms with van der Waals surface area (Å²) in [5, 5.41) is 9.62. The van der Waals surface area contributed by atoms with Gasteiger partial charge in [-0.3, -0.25) is 9.69 Å². The van der Waals surface area contributed by atoms with E-state index in [4.69, 9.17) is 16.7 Å². The fraction of sp³-hybridized carbons (Fsp3) is 0.600. The molecule has 146 valence electrons. The van der Waals surface area contributed by atoms with Gasteiger partial charge in [-0.05, 0) is 55.7 Å². The highest BCUT2D eigenvalue weighted by Crippen LogP contribution is 2.39. The zero-order valence-corrected chi connectivity index (χ0v) is 16.2. The van der Waals surface area contributed by atoms with Crippen LogP contribution in [0.25, 0.3) is 0 Å². The second-order valence-corrected chi connectivity index (χ2v) is 8.24. The van der Waals surface area contributed by atoms with Crippen LogP contribution in [0.2, 0.25) is 5.02 Å². The lowest BCUT2D eigenvalue weighted by Crippen LogP contribution is -2.41. The highest BCUT2D eigenvalue weighted by atomic mass is 35.5. The molecular weight excluding hydrogens is 366 g/mol. The number of carbonyl (C=O) groups is 2. The van der Waals surface area contributed by atoms with Gasteiger partial charge in [-0.2, -0.15) is 0 Å². The van der Waals surface area contributed by atoms with Crippen LogP contribution in [0.4, 0.5) is 16.2 Å². The predicted molar refractivity (Wildman–Crippen MR) is 106 cm³/mol. The maximum absolute atomic E-state index is 13.1. The average Bonchev–Trinajstić information content (AvgIpc) is 3.38. The van der Waals surface area contributed by atoms with Gasteiger partial charge >= 0.3 is 12.0 Å². The molecule has 3 heterocycles. The van der Waals surface area contributed by atoms with Crippen LogP contribution in [0.15, 0.2) is 12.1 Å². The van der Waals surface area contributed by atoms with Crippen LogP contribution in [0.3, 0.4) is 0 Å². The van der Waals surface area contributed by atoms with Crippen molar-refractivity contribution in [3.05, 3.63) is 22.7 Å². The Morgan fingerprint density at radius 2 is 1.93 bits per heavy atom. The zero-order chi connectivity index (χ0) is 19.0. The molecule has 2 fully saturated rings. The minimum absolute atomic E-state index is 0.0289. The molecule has 0 bridgehead atoms. The van der Waals surface area contributed by atoms with E-state index >= 15 is 0 Å². The molecule has 3 aliphatic rings. The molecule has 2 saturated heterocycles. The highest BCUT2D eigenvalue weighted by molar-refractivity contribution is 6.32. The summed E-state index contributed by atoms with van der Waals surface area (Å²) in [7, 11) is 0. The molecule has 0 spiro atoms. The number of nitrogens with zero attached hydrogens (tertiary/aromatic N) is 3. The molecule has 1 atom stereocenters. The summed E-state index contributed by atoms with van der Waals surface area (Å²) in [5.41, 5.74) is 3.12. The largest absolute Gasteiger partial charge is 0.481 e. The maximum Gasteiger partial charge on any atom is 0.324 e. The monoisotopic (exact) mass is 391 g/mol. The molecular formula is C20H26ClN3O3. The number of amides is 2. The number of hydrogen-bond donors (Lipinski definition) is 1. The van der Waals surface area contributed by atoms with Gasteiger partial charge in [0, 0.05) is 49.9 Å². The Labute approximate surface area is 164 Å². The molecule has 2 amide bonds. The van der Waals surface area contributed by atoms with Crippen molar-refractivity contribution < 1.29 is 14.7 Å². The van der Waals surface area contributed by atoms with E-state index < -0.39 is 5.97 Å². The van der Waals surface area contributed by atoms with Crippen molar-refractivity contribution in [1.82, 2.24) is 4.90 Å². The van der Waals surface area contributed by atoms with Crippen molar-refractivity contribution in [3.63, 3.8) is 0 Å². The minimum atomic E-state index is -0.766. The van der Waals surface area contributed by atoms with Crippen molar-refractivity contribution in [2.45, 2.75) is 38.5 Å². The van der Waals surface area contributed by atoms with Crippen LogP contribution in [-0.4, -0.2) is 54.7 Å². The quantitative estimate of drug-likeness (QED) is 0.851.